The Kier molecular flexibility index (Phi) is 4.97. The average Bonchev–Trinajstić information content (AvgIpc) is 2.42. The van der Waals surface area contributed by atoms with E-state index >= 15 is 0 Å². The van der Waals surface area contributed by atoms with Gasteiger partial charge in [-0.05, 0) is 31.9 Å². The summed E-state index contributed by atoms with van der Waals surface area (Å²) in [4.78, 5) is 2.42. The van der Waals surface area contributed by atoms with Crippen LogP contribution in [0.4, 0.5) is 0 Å². The monoisotopic (exact) mass is 262 g/mol. The van der Waals surface area contributed by atoms with Crippen molar-refractivity contribution >= 4 is 0 Å². The first-order valence-corrected chi connectivity index (χ1v) is 7.24. The second kappa shape index (κ2) is 6.51. The van der Waals surface area contributed by atoms with E-state index in [4.69, 9.17) is 0 Å². The molecule has 1 heterocycles. The summed E-state index contributed by atoms with van der Waals surface area (Å²) in [6.45, 7) is 5.83. The van der Waals surface area contributed by atoms with Gasteiger partial charge in [0.15, 0.2) is 0 Å². The molecule has 1 fully saturated rings. The fourth-order valence-corrected chi connectivity index (χ4v) is 2.97. The third-order valence-electron chi connectivity index (χ3n) is 4.41. The van der Waals surface area contributed by atoms with Gasteiger partial charge in [0.05, 0.1) is 12.6 Å². The van der Waals surface area contributed by atoms with Gasteiger partial charge in [-0.3, -0.25) is 0 Å². The van der Waals surface area contributed by atoms with Crippen LogP contribution < -0.4 is 5.32 Å². The molecule has 2 rings (SSSR count). The van der Waals surface area contributed by atoms with Crippen molar-refractivity contribution in [2.75, 3.05) is 20.2 Å². The quantitative estimate of drug-likeness (QED) is 0.871. The lowest BCUT2D eigenvalue weighted by atomic mass is 9.89. The Bertz CT molecular complexity index is 382. The van der Waals surface area contributed by atoms with E-state index in [-0.39, 0.29) is 12.6 Å². The van der Waals surface area contributed by atoms with Crippen molar-refractivity contribution < 1.29 is 5.11 Å². The van der Waals surface area contributed by atoms with Gasteiger partial charge in [-0.25, -0.2) is 0 Å². The fourth-order valence-electron chi connectivity index (χ4n) is 2.97. The summed E-state index contributed by atoms with van der Waals surface area (Å²) in [7, 11) is 2.19. The van der Waals surface area contributed by atoms with Crippen LogP contribution in [0.3, 0.4) is 0 Å². The van der Waals surface area contributed by atoms with Gasteiger partial charge >= 0.3 is 0 Å². The zero-order valence-electron chi connectivity index (χ0n) is 12.2. The molecule has 1 aliphatic rings. The second-order valence-electron chi connectivity index (χ2n) is 5.92. The fraction of sp³-hybridized carbons (Fsp3) is 0.625. The summed E-state index contributed by atoms with van der Waals surface area (Å²) in [6, 6.07) is 11.4. The Morgan fingerprint density at radius 3 is 2.63 bits per heavy atom. The lowest BCUT2D eigenvalue weighted by molar-refractivity contribution is 0.107. The third kappa shape index (κ3) is 3.56. The molecule has 3 heteroatoms. The number of aliphatic hydroxyl groups excluding tert-OH is 1. The molecule has 0 saturated carbocycles. The molecule has 3 unspecified atom stereocenters. The highest BCUT2D eigenvalue weighted by Crippen LogP contribution is 2.23. The predicted octanol–water partition coefficient (Wildman–Crippen LogP) is 2.04. The summed E-state index contributed by atoms with van der Waals surface area (Å²) in [6.07, 6.45) is 1.14. The van der Waals surface area contributed by atoms with E-state index in [0.29, 0.717) is 18.0 Å². The number of nitrogens with one attached hydrogen (secondary N) is 1. The maximum atomic E-state index is 9.64. The molecule has 0 radical (unpaired) electrons. The summed E-state index contributed by atoms with van der Waals surface area (Å²) in [5.74, 6) is 0.610. The summed E-state index contributed by atoms with van der Waals surface area (Å²) < 4.78 is 0. The van der Waals surface area contributed by atoms with Gasteiger partial charge in [0, 0.05) is 18.6 Å². The van der Waals surface area contributed by atoms with E-state index in [1.54, 1.807) is 0 Å². The predicted molar refractivity (Wildman–Crippen MR) is 79.1 cm³/mol. The van der Waals surface area contributed by atoms with E-state index in [1.165, 1.54) is 5.56 Å². The van der Waals surface area contributed by atoms with Gasteiger partial charge in [0.2, 0.25) is 0 Å². The zero-order chi connectivity index (χ0) is 13.8. The van der Waals surface area contributed by atoms with Crippen LogP contribution in [0.5, 0.6) is 0 Å². The van der Waals surface area contributed by atoms with Crippen molar-refractivity contribution in [2.24, 2.45) is 5.92 Å². The Hall–Kier alpha value is -0.900. The number of piperidine rings is 1. The maximum Gasteiger partial charge on any atom is 0.0626 e. The molecule has 1 aromatic rings. The van der Waals surface area contributed by atoms with E-state index < -0.39 is 0 Å². The molecule has 0 spiro atoms. The molecule has 106 valence electrons. The van der Waals surface area contributed by atoms with Gasteiger partial charge < -0.3 is 15.3 Å². The topological polar surface area (TPSA) is 35.5 Å². The highest BCUT2D eigenvalue weighted by Gasteiger charge is 2.30. The molecular formula is C16H26N2O. The van der Waals surface area contributed by atoms with Crippen LogP contribution in [-0.4, -0.2) is 42.3 Å². The van der Waals surface area contributed by atoms with Crippen LogP contribution in [0.15, 0.2) is 30.3 Å². The van der Waals surface area contributed by atoms with E-state index in [0.717, 1.165) is 13.0 Å². The van der Waals surface area contributed by atoms with Crippen molar-refractivity contribution in [3.05, 3.63) is 35.9 Å². The number of hydrogen-bond donors (Lipinski definition) is 2. The van der Waals surface area contributed by atoms with Crippen LogP contribution in [-0.2, 0) is 0 Å². The molecule has 0 bridgehead atoms. The van der Waals surface area contributed by atoms with Crippen molar-refractivity contribution in [2.45, 2.75) is 38.4 Å². The molecule has 3 nitrogen and oxygen atoms in total. The number of benzene rings is 1. The van der Waals surface area contributed by atoms with Crippen LogP contribution in [0.25, 0.3) is 0 Å². The number of rotatable bonds is 4. The normalized spacial score (nSPS) is 30.2. The largest absolute Gasteiger partial charge is 0.394 e. The van der Waals surface area contributed by atoms with Crippen molar-refractivity contribution in [1.82, 2.24) is 10.2 Å². The Morgan fingerprint density at radius 1 is 1.32 bits per heavy atom. The zero-order valence-corrected chi connectivity index (χ0v) is 12.2. The van der Waals surface area contributed by atoms with E-state index in [1.807, 2.05) is 18.2 Å². The first kappa shape index (κ1) is 14.5. The highest BCUT2D eigenvalue weighted by atomic mass is 16.3. The number of nitrogens with zero attached hydrogens (tertiary/aromatic N) is 1. The van der Waals surface area contributed by atoms with Gasteiger partial charge in [-0.2, -0.15) is 0 Å². The van der Waals surface area contributed by atoms with Gasteiger partial charge in [-0.15, -0.1) is 0 Å². The molecule has 1 aromatic carbocycles. The van der Waals surface area contributed by atoms with Crippen molar-refractivity contribution in [1.29, 1.82) is 0 Å². The highest BCUT2D eigenvalue weighted by molar-refractivity contribution is 5.19. The SMILES string of the molecule is CC1CN(C)C(C)CC1N[C@H](CO)c1ccccc1. The van der Waals surface area contributed by atoms with Crippen LogP contribution in [0.2, 0.25) is 0 Å². The molecular weight excluding hydrogens is 236 g/mol. The summed E-state index contributed by atoms with van der Waals surface area (Å²) >= 11 is 0. The molecule has 0 amide bonds. The van der Waals surface area contributed by atoms with Crippen LogP contribution in [0.1, 0.15) is 31.9 Å². The average molecular weight is 262 g/mol. The molecule has 1 aliphatic heterocycles. The second-order valence-corrected chi connectivity index (χ2v) is 5.92. The number of likely N-dealkylation sites (tertiary alicyclic amines) is 1. The molecule has 0 aromatic heterocycles. The molecule has 0 aliphatic carbocycles. The first-order chi connectivity index (χ1) is 9.11. The van der Waals surface area contributed by atoms with E-state index in [2.05, 4.69) is 43.2 Å². The molecule has 2 N–H and O–H groups in total. The van der Waals surface area contributed by atoms with Crippen molar-refractivity contribution in [3.63, 3.8) is 0 Å². The van der Waals surface area contributed by atoms with Gasteiger partial charge in [0.25, 0.3) is 0 Å². The standard InChI is InChI=1S/C16H26N2O/c1-12-10-18(3)13(2)9-15(12)17-16(11-19)14-7-5-4-6-8-14/h4-8,12-13,15-17,19H,9-11H2,1-3H3/t12?,13?,15?,16-/m1/s1. The Labute approximate surface area is 116 Å². The maximum absolute atomic E-state index is 9.64. The van der Waals surface area contributed by atoms with Crippen LogP contribution in [0, 0.1) is 5.92 Å². The molecule has 1 saturated heterocycles. The van der Waals surface area contributed by atoms with E-state index in [9.17, 15) is 5.11 Å². The minimum Gasteiger partial charge on any atom is -0.394 e. The lowest BCUT2D eigenvalue weighted by Crippen LogP contribution is -2.52. The number of hydrogen-bond acceptors (Lipinski definition) is 3. The number of aliphatic hydroxyl groups is 1. The first-order valence-electron chi connectivity index (χ1n) is 7.24. The lowest BCUT2D eigenvalue weighted by Gasteiger charge is -2.41. The van der Waals surface area contributed by atoms with Crippen molar-refractivity contribution in [3.8, 4) is 0 Å². The Morgan fingerprint density at radius 2 is 2.00 bits per heavy atom. The molecule has 4 atom stereocenters. The smallest absolute Gasteiger partial charge is 0.0626 e. The molecule has 19 heavy (non-hydrogen) atoms. The van der Waals surface area contributed by atoms with Gasteiger partial charge in [-0.1, -0.05) is 37.3 Å². The van der Waals surface area contributed by atoms with Gasteiger partial charge in [0.1, 0.15) is 0 Å². The summed E-state index contributed by atoms with van der Waals surface area (Å²) in [5, 5.41) is 13.3. The summed E-state index contributed by atoms with van der Waals surface area (Å²) in [5.41, 5.74) is 1.17. The minimum atomic E-state index is 0.0456. The minimum absolute atomic E-state index is 0.0456. The van der Waals surface area contributed by atoms with Crippen LogP contribution >= 0.6 is 0 Å². The Balaban J connectivity index is 2.02. The third-order valence-corrected chi connectivity index (χ3v) is 4.41.